The highest BCUT2D eigenvalue weighted by Crippen LogP contribution is 2.24. The first-order valence-electron chi connectivity index (χ1n) is 9.65. The Labute approximate surface area is 175 Å². The summed E-state index contributed by atoms with van der Waals surface area (Å²) in [7, 11) is -4.32. The highest BCUT2D eigenvalue weighted by molar-refractivity contribution is 7.89. The van der Waals surface area contributed by atoms with Crippen LogP contribution in [0.1, 0.15) is 25.3 Å². The number of carbonyl (C=O) groups excluding carboxylic acids is 1. The van der Waals surface area contributed by atoms with Gasteiger partial charge in [0.05, 0.1) is 0 Å². The number of sulfonamides is 1. The minimum absolute atomic E-state index is 0.0507. The lowest BCUT2D eigenvalue weighted by atomic mass is 10.0. The second kappa shape index (κ2) is 9.09. The van der Waals surface area contributed by atoms with Gasteiger partial charge in [0.1, 0.15) is 17.4 Å². The van der Waals surface area contributed by atoms with Crippen molar-refractivity contribution in [2.45, 2.75) is 24.7 Å². The predicted octanol–water partition coefficient (Wildman–Crippen LogP) is 3.00. The van der Waals surface area contributed by atoms with Crippen LogP contribution in [0.25, 0.3) is 0 Å². The summed E-state index contributed by atoms with van der Waals surface area (Å²) < 4.78 is 59.6. The molecule has 3 rings (SSSR count). The van der Waals surface area contributed by atoms with Crippen molar-refractivity contribution >= 4 is 15.9 Å². The van der Waals surface area contributed by atoms with Gasteiger partial charge in [0.15, 0.2) is 11.5 Å². The summed E-state index contributed by atoms with van der Waals surface area (Å²) in [5.74, 6) is -1.58. The molecule has 0 saturated carbocycles. The molecule has 1 heterocycles. The van der Waals surface area contributed by atoms with E-state index in [1.807, 2.05) is 12.1 Å². The smallest absolute Gasteiger partial charge is 0.260 e. The zero-order chi connectivity index (χ0) is 21.9. The Bertz CT molecular complexity index is 982. The van der Waals surface area contributed by atoms with Gasteiger partial charge < -0.3 is 9.64 Å². The molecule has 2 aromatic rings. The number of nitrogens with zero attached hydrogens (tertiary/aromatic N) is 2. The summed E-state index contributed by atoms with van der Waals surface area (Å²) in [5, 5.41) is 0. The average molecular weight is 438 g/mol. The van der Waals surface area contributed by atoms with E-state index in [1.165, 1.54) is 4.90 Å². The van der Waals surface area contributed by atoms with Crippen molar-refractivity contribution < 1.29 is 26.7 Å². The molecule has 0 atom stereocenters. The van der Waals surface area contributed by atoms with Crippen molar-refractivity contribution in [3.8, 4) is 5.75 Å². The Hall–Kier alpha value is -2.52. The number of benzene rings is 2. The lowest BCUT2D eigenvalue weighted by molar-refractivity contribution is -0.134. The molecule has 0 aromatic heterocycles. The van der Waals surface area contributed by atoms with E-state index in [-0.39, 0.29) is 38.7 Å². The summed E-state index contributed by atoms with van der Waals surface area (Å²) in [6.07, 6.45) is 0. The van der Waals surface area contributed by atoms with Crippen LogP contribution < -0.4 is 4.74 Å². The number of carbonyl (C=O) groups is 1. The van der Waals surface area contributed by atoms with E-state index in [1.54, 1.807) is 12.1 Å². The van der Waals surface area contributed by atoms with Crippen LogP contribution >= 0.6 is 0 Å². The second-order valence-corrected chi connectivity index (χ2v) is 9.22. The van der Waals surface area contributed by atoms with Crippen molar-refractivity contribution in [2.24, 2.45) is 0 Å². The van der Waals surface area contributed by atoms with E-state index in [2.05, 4.69) is 13.8 Å². The Balaban J connectivity index is 1.56. The van der Waals surface area contributed by atoms with Crippen LogP contribution in [0.2, 0.25) is 0 Å². The predicted molar refractivity (Wildman–Crippen MR) is 108 cm³/mol. The number of ether oxygens (including phenoxy) is 1. The van der Waals surface area contributed by atoms with E-state index < -0.39 is 26.6 Å². The van der Waals surface area contributed by atoms with Crippen LogP contribution in [-0.4, -0.2) is 56.3 Å². The van der Waals surface area contributed by atoms with E-state index >= 15 is 0 Å². The van der Waals surface area contributed by atoms with E-state index in [4.69, 9.17) is 4.74 Å². The molecule has 30 heavy (non-hydrogen) atoms. The fraction of sp³-hybridized carbons (Fsp3) is 0.381. The standard InChI is InChI=1S/C21H24F2N2O4S/c1-15(2)16-6-8-17(9-7-16)29-14-20(26)24-10-12-25(13-11-24)30(27,28)21-18(22)4-3-5-19(21)23/h3-9,15H,10-14H2,1-2H3. The van der Waals surface area contributed by atoms with Gasteiger partial charge in [-0.25, -0.2) is 17.2 Å². The van der Waals surface area contributed by atoms with Gasteiger partial charge in [-0.2, -0.15) is 4.31 Å². The number of rotatable bonds is 6. The van der Waals surface area contributed by atoms with Gasteiger partial charge in [0.2, 0.25) is 10.0 Å². The van der Waals surface area contributed by atoms with Gasteiger partial charge in [-0.15, -0.1) is 0 Å². The number of amides is 1. The lowest BCUT2D eigenvalue weighted by Gasteiger charge is -2.34. The molecule has 162 valence electrons. The van der Waals surface area contributed by atoms with Gasteiger partial charge in [-0.3, -0.25) is 4.79 Å². The summed E-state index contributed by atoms with van der Waals surface area (Å²) in [4.78, 5) is 12.9. The Morgan fingerprint density at radius 3 is 2.10 bits per heavy atom. The minimum atomic E-state index is -4.32. The average Bonchev–Trinajstić information content (AvgIpc) is 2.72. The molecule has 1 aliphatic rings. The van der Waals surface area contributed by atoms with Crippen molar-refractivity contribution in [1.29, 1.82) is 0 Å². The Morgan fingerprint density at radius 1 is 1.00 bits per heavy atom. The number of halogens is 2. The maximum Gasteiger partial charge on any atom is 0.260 e. The van der Waals surface area contributed by atoms with Gasteiger partial charge in [0.25, 0.3) is 5.91 Å². The van der Waals surface area contributed by atoms with Gasteiger partial charge >= 0.3 is 0 Å². The van der Waals surface area contributed by atoms with Crippen LogP contribution in [0.5, 0.6) is 5.75 Å². The summed E-state index contributed by atoms with van der Waals surface area (Å²) >= 11 is 0. The largest absolute Gasteiger partial charge is 0.484 e. The molecule has 1 aliphatic heterocycles. The van der Waals surface area contributed by atoms with E-state index in [0.29, 0.717) is 11.7 Å². The van der Waals surface area contributed by atoms with Gasteiger partial charge in [0, 0.05) is 26.2 Å². The maximum atomic E-state index is 13.9. The molecule has 1 fully saturated rings. The molecule has 9 heteroatoms. The molecule has 1 saturated heterocycles. The molecule has 2 aromatic carbocycles. The van der Waals surface area contributed by atoms with Gasteiger partial charge in [-0.1, -0.05) is 32.0 Å². The quantitative estimate of drug-likeness (QED) is 0.696. The van der Waals surface area contributed by atoms with Crippen molar-refractivity contribution in [3.63, 3.8) is 0 Å². The molecule has 0 bridgehead atoms. The van der Waals surface area contributed by atoms with Crippen LogP contribution in [-0.2, 0) is 14.8 Å². The molecule has 0 aliphatic carbocycles. The summed E-state index contributed by atoms with van der Waals surface area (Å²) in [6, 6.07) is 10.4. The third-order valence-corrected chi connectivity index (χ3v) is 6.97. The van der Waals surface area contributed by atoms with Crippen LogP contribution in [0, 0.1) is 11.6 Å². The zero-order valence-electron chi connectivity index (χ0n) is 16.8. The Morgan fingerprint density at radius 2 is 1.57 bits per heavy atom. The van der Waals surface area contributed by atoms with Crippen LogP contribution in [0.3, 0.4) is 0 Å². The molecule has 0 spiro atoms. The fourth-order valence-corrected chi connectivity index (χ4v) is 4.75. The van der Waals surface area contributed by atoms with Crippen LogP contribution in [0.15, 0.2) is 47.4 Å². The monoisotopic (exact) mass is 438 g/mol. The summed E-state index contributed by atoms with van der Waals surface area (Å²) in [5.41, 5.74) is 1.16. The first-order chi connectivity index (χ1) is 14.2. The topological polar surface area (TPSA) is 66.9 Å². The molecule has 1 amide bonds. The highest BCUT2D eigenvalue weighted by Gasteiger charge is 2.34. The van der Waals surface area contributed by atoms with Crippen molar-refractivity contribution in [2.75, 3.05) is 32.8 Å². The normalized spacial score (nSPS) is 15.4. The highest BCUT2D eigenvalue weighted by atomic mass is 32.2. The molecular formula is C21H24F2N2O4S. The maximum absolute atomic E-state index is 13.9. The fourth-order valence-electron chi connectivity index (χ4n) is 3.22. The lowest BCUT2D eigenvalue weighted by Crippen LogP contribution is -2.51. The first kappa shape index (κ1) is 22.2. The van der Waals surface area contributed by atoms with Crippen LogP contribution in [0.4, 0.5) is 8.78 Å². The van der Waals surface area contributed by atoms with Crippen molar-refractivity contribution in [3.05, 3.63) is 59.7 Å². The van der Waals surface area contributed by atoms with Crippen molar-refractivity contribution in [1.82, 2.24) is 9.21 Å². The molecule has 0 unspecified atom stereocenters. The number of hydrogen-bond donors (Lipinski definition) is 0. The Kier molecular flexibility index (Phi) is 6.72. The van der Waals surface area contributed by atoms with E-state index in [9.17, 15) is 22.0 Å². The molecule has 0 radical (unpaired) electrons. The minimum Gasteiger partial charge on any atom is -0.484 e. The summed E-state index contributed by atoms with van der Waals surface area (Å²) in [6.45, 7) is 4.12. The zero-order valence-corrected chi connectivity index (χ0v) is 17.7. The molecular weight excluding hydrogens is 414 g/mol. The van der Waals surface area contributed by atoms with Gasteiger partial charge in [-0.05, 0) is 35.7 Å². The van der Waals surface area contributed by atoms with E-state index in [0.717, 1.165) is 28.1 Å². The molecule has 0 N–H and O–H groups in total. The SMILES string of the molecule is CC(C)c1ccc(OCC(=O)N2CCN(S(=O)(=O)c3c(F)cccc3F)CC2)cc1. The molecule has 6 nitrogen and oxygen atoms in total. The second-order valence-electron chi connectivity index (χ2n) is 7.35. The first-order valence-corrected chi connectivity index (χ1v) is 11.1. The third-order valence-electron chi connectivity index (χ3n) is 5.02. The third kappa shape index (κ3) is 4.79. The number of piperazine rings is 1. The number of hydrogen-bond acceptors (Lipinski definition) is 4.